The van der Waals surface area contributed by atoms with Crippen LogP contribution in [-0.4, -0.2) is 9.56 Å². The Morgan fingerprint density at radius 1 is 1.54 bits per heavy atom. The molecule has 72 valence electrons. The van der Waals surface area contributed by atoms with Gasteiger partial charge < -0.3 is 0 Å². The van der Waals surface area contributed by atoms with Crippen molar-refractivity contribution in [2.75, 3.05) is 0 Å². The molecule has 0 saturated carbocycles. The lowest BCUT2D eigenvalue weighted by Gasteiger charge is -1.96. The van der Waals surface area contributed by atoms with Gasteiger partial charge in [0.2, 0.25) is 5.69 Å². The van der Waals surface area contributed by atoms with E-state index < -0.39 is 31.4 Å². The van der Waals surface area contributed by atoms with Crippen molar-refractivity contribution in [2.45, 2.75) is 6.18 Å². The minimum Gasteiger partial charge on any atom is -0.213 e. The molecule has 0 aliphatic heterocycles. The van der Waals surface area contributed by atoms with Gasteiger partial charge in [0.15, 0.2) is 5.38 Å². The highest BCUT2D eigenvalue weighted by Gasteiger charge is 2.40. The molecule has 0 N–H and O–H groups in total. The Morgan fingerprint density at radius 3 is 2.31 bits per heavy atom. The molecule has 1 heterocycles. The largest absolute Gasteiger partial charge is 0.454 e. The van der Waals surface area contributed by atoms with Crippen molar-refractivity contribution < 1.29 is 18.0 Å². The Labute approximate surface area is 83.3 Å². The number of carbonyl (C=O) groups is 1. The standard InChI is InChI=1S/C5HCl2F3NOS/c6-3-11-2(5(8,9)10)1-13(3)4(7)12/h1H/q+1. The van der Waals surface area contributed by atoms with Crippen molar-refractivity contribution in [3.05, 3.63) is 15.5 Å². The second-order valence-electron chi connectivity index (χ2n) is 1.94. The van der Waals surface area contributed by atoms with Gasteiger partial charge in [0.1, 0.15) is 10.5 Å². The van der Waals surface area contributed by atoms with Crippen molar-refractivity contribution in [1.82, 2.24) is 4.98 Å². The van der Waals surface area contributed by atoms with E-state index in [1.807, 2.05) is 0 Å². The molecule has 8 heteroatoms. The Balaban J connectivity index is 3.17. The van der Waals surface area contributed by atoms with E-state index in [0.717, 1.165) is 0 Å². The van der Waals surface area contributed by atoms with Crippen LogP contribution in [0.2, 0.25) is 4.47 Å². The van der Waals surface area contributed by atoms with Gasteiger partial charge in [0.25, 0.3) is 0 Å². The van der Waals surface area contributed by atoms with Gasteiger partial charge in [-0.3, -0.25) is 0 Å². The third kappa shape index (κ3) is 2.32. The Hall–Kier alpha value is -0.330. The van der Waals surface area contributed by atoms with Gasteiger partial charge in [0.05, 0.1) is 0 Å². The van der Waals surface area contributed by atoms with Crippen LogP contribution in [0.1, 0.15) is 5.69 Å². The number of alkyl halides is 3. The molecule has 0 bridgehead atoms. The molecule has 0 saturated heterocycles. The van der Waals surface area contributed by atoms with E-state index in [4.69, 9.17) is 23.2 Å². The van der Waals surface area contributed by atoms with Crippen LogP contribution < -0.4 is 0 Å². The smallest absolute Gasteiger partial charge is 0.213 e. The number of carbonyl (C=O) groups excluding carboxylic acids is 1. The van der Waals surface area contributed by atoms with Gasteiger partial charge in [-0.25, -0.2) is 4.79 Å². The van der Waals surface area contributed by atoms with E-state index in [-0.39, 0.29) is 0 Å². The summed E-state index contributed by atoms with van der Waals surface area (Å²) in [4.78, 5) is 13.5. The predicted octanol–water partition coefficient (Wildman–Crippen LogP) is 3.71. The van der Waals surface area contributed by atoms with Gasteiger partial charge in [-0.2, -0.15) is 18.2 Å². The predicted molar refractivity (Wildman–Crippen MR) is 43.4 cm³/mol. The molecule has 1 atom stereocenters. The fourth-order valence-electron chi connectivity index (χ4n) is 0.573. The van der Waals surface area contributed by atoms with Crippen LogP contribution in [0.15, 0.2) is 5.38 Å². The van der Waals surface area contributed by atoms with Gasteiger partial charge in [-0.15, -0.1) is 0 Å². The highest BCUT2D eigenvalue weighted by molar-refractivity contribution is 7.58. The van der Waals surface area contributed by atoms with E-state index in [1.54, 1.807) is 0 Å². The molecule has 1 rings (SSSR count). The highest BCUT2D eigenvalue weighted by atomic mass is 35.5. The molecule has 1 unspecified atom stereocenters. The second-order valence-corrected chi connectivity index (χ2v) is 4.76. The summed E-state index contributed by atoms with van der Waals surface area (Å²) < 4.78 is 34.6. The summed E-state index contributed by atoms with van der Waals surface area (Å²) in [5.41, 5.74) is -1.17. The molecule has 0 spiro atoms. The normalized spacial score (nSPS) is 13.2. The summed E-state index contributed by atoms with van der Waals surface area (Å²) >= 11 is 10.3. The lowest BCUT2D eigenvalue weighted by atomic mass is 10.5. The minimum atomic E-state index is -4.59. The molecule has 13 heavy (non-hydrogen) atoms. The Bertz CT molecular complexity index is 348. The van der Waals surface area contributed by atoms with Gasteiger partial charge in [-0.05, 0) is 11.6 Å². The highest BCUT2D eigenvalue weighted by Crippen LogP contribution is 2.38. The Morgan fingerprint density at radius 2 is 2.08 bits per heavy atom. The van der Waals surface area contributed by atoms with Crippen molar-refractivity contribution in [3.63, 3.8) is 0 Å². The third-order valence-corrected chi connectivity index (χ3v) is 3.42. The quantitative estimate of drug-likeness (QED) is 0.562. The number of hydrogen-bond donors (Lipinski definition) is 0. The van der Waals surface area contributed by atoms with Gasteiger partial charge in [0, 0.05) is 11.6 Å². The zero-order valence-electron chi connectivity index (χ0n) is 5.73. The first-order chi connectivity index (χ1) is 5.82. The minimum absolute atomic E-state index is 0.424. The average molecular weight is 251 g/mol. The van der Waals surface area contributed by atoms with Crippen LogP contribution >= 0.6 is 33.7 Å². The molecule has 1 aromatic rings. The molecule has 1 aromatic heterocycles. The topological polar surface area (TPSA) is 30.0 Å². The molecule has 2 nitrogen and oxygen atoms in total. The summed E-state index contributed by atoms with van der Waals surface area (Å²) in [5, 5.41) is 0.623. The zero-order chi connectivity index (χ0) is 10.2. The van der Waals surface area contributed by atoms with Crippen LogP contribution in [0.3, 0.4) is 0 Å². The van der Waals surface area contributed by atoms with Crippen molar-refractivity contribution in [3.8, 4) is 0 Å². The number of nitrogens with zero attached hydrogens (tertiary/aromatic N) is 1. The lowest BCUT2D eigenvalue weighted by Crippen LogP contribution is -2.04. The maximum Gasteiger partial charge on any atom is 0.454 e. The molecule has 0 aliphatic rings. The molecular formula is C5HCl2F3NOS+. The summed E-state index contributed by atoms with van der Waals surface area (Å²) in [6.07, 6.45) is -4.59. The van der Waals surface area contributed by atoms with E-state index in [2.05, 4.69) is 4.98 Å². The summed E-state index contributed by atoms with van der Waals surface area (Å²) in [7, 11) is -1.54. The fourth-order valence-corrected chi connectivity index (χ4v) is 2.41. The van der Waals surface area contributed by atoms with Crippen LogP contribution in [0.5, 0.6) is 0 Å². The first-order valence-electron chi connectivity index (χ1n) is 2.78. The summed E-state index contributed by atoms with van der Waals surface area (Å²) in [6.45, 7) is 0. The lowest BCUT2D eigenvalue weighted by molar-refractivity contribution is -0.140. The summed E-state index contributed by atoms with van der Waals surface area (Å²) in [5.74, 6) is 0. The molecule has 0 aliphatic carbocycles. The molecular weight excluding hydrogens is 250 g/mol. The monoisotopic (exact) mass is 250 g/mol. The number of hydrogen-bond acceptors (Lipinski definition) is 2. The molecule has 0 radical (unpaired) electrons. The molecule has 0 amide bonds. The maximum absolute atomic E-state index is 12.0. The SMILES string of the molecule is O=C(Cl)[s+]1cc(C(F)(F)F)nc1Cl. The van der Waals surface area contributed by atoms with E-state index in [0.29, 0.717) is 5.38 Å². The van der Waals surface area contributed by atoms with Gasteiger partial charge in [-0.1, -0.05) is 0 Å². The first kappa shape index (κ1) is 10.7. The van der Waals surface area contributed by atoms with Gasteiger partial charge >= 0.3 is 15.2 Å². The first-order valence-corrected chi connectivity index (χ1v) is 4.82. The van der Waals surface area contributed by atoms with Crippen LogP contribution in [0.4, 0.5) is 18.0 Å². The number of rotatable bonds is 1. The maximum atomic E-state index is 12.0. The van der Waals surface area contributed by atoms with Crippen molar-refractivity contribution in [2.24, 2.45) is 0 Å². The molecule has 0 aromatic carbocycles. The third-order valence-electron chi connectivity index (χ3n) is 1.08. The number of aromatic nitrogens is 1. The molecule has 0 fully saturated rings. The van der Waals surface area contributed by atoms with Crippen LogP contribution in [-0.2, 0) is 6.18 Å². The Kier molecular flexibility index (Phi) is 2.84. The van der Waals surface area contributed by atoms with E-state index in [9.17, 15) is 18.0 Å². The average Bonchev–Trinajstić information content (AvgIpc) is 2.29. The van der Waals surface area contributed by atoms with Crippen LogP contribution in [0.25, 0.3) is 0 Å². The number of halogens is 5. The zero-order valence-corrected chi connectivity index (χ0v) is 8.06. The van der Waals surface area contributed by atoms with Crippen LogP contribution in [0, 0.1) is 0 Å². The fraction of sp³-hybridized carbons (Fsp3) is 0.200. The second kappa shape index (κ2) is 3.43. The van der Waals surface area contributed by atoms with E-state index >= 15 is 0 Å². The van der Waals surface area contributed by atoms with Crippen molar-refractivity contribution in [1.29, 1.82) is 0 Å². The summed E-state index contributed by atoms with van der Waals surface area (Å²) in [6, 6.07) is 0. The van der Waals surface area contributed by atoms with Crippen molar-refractivity contribution >= 4 is 38.2 Å². The van der Waals surface area contributed by atoms with E-state index in [1.165, 1.54) is 0 Å². The number of thiazole rings is 1.